The van der Waals surface area contributed by atoms with Crippen molar-refractivity contribution >= 4 is 17.5 Å². The second kappa shape index (κ2) is 8.87. The van der Waals surface area contributed by atoms with Crippen LogP contribution in [-0.4, -0.2) is 42.3 Å². The molecule has 0 unspecified atom stereocenters. The zero-order valence-corrected chi connectivity index (χ0v) is 17.0. The number of halogens is 1. The van der Waals surface area contributed by atoms with Gasteiger partial charge in [0.05, 0.1) is 22.7 Å². The summed E-state index contributed by atoms with van der Waals surface area (Å²) in [7, 11) is 0. The fraction of sp³-hybridized carbons (Fsp3) is 0.190. The number of hydrogen-bond donors (Lipinski definition) is 0. The lowest BCUT2D eigenvalue weighted by molar-refractivity contribution is 0.0728. The van der Waals surface area contributed by atoms with Gasteiger partial charge in [-0.25, -0.2) is 9.67 Å². The minimum atomic E-state index is -0.158. The Balaban J connectivity index is 1.51. The van der Waals surface area contributed by atoms with E-state index in [0.29, 0.717) is 40.3 Å². The van der Waals surface area contributed by atoms with Gasteiger partial charge >= 0.3 is 0 Å². The fourth-order valence-electron chi connectivity index (χ4n) is 2.98. The maximum atomic E-state index is 13.0. The maximum Gasteiger partial charge on any atom is 0.255 e. The van der Waals surface area contributed by atoms with E-state index in [-0.39, 0.29) is 12.5 Å². The molecule has 0 aliphatic heterocycles. The van der Waals surface area contributed by atoms with Gasteiger partial charge in [-0.1, -0.05) is 30.7 Å². The molecule has 0 N–H and O–H groups in total. The van der Waals surface area contributed by atoms with Crippen LogP contribution < -0.4 is 0 Å². The lowest BCUT2D eigenvalue weighted by Gasteiger charge is -2.20. The van der Waals surface area contributed by atoms with Crippen molar-refractivity contribution in [3.8, 4) is 17.3 Å². The van der Waals surface area contributed by atoms with E-state index in [2.05, 4.69) is 20.3 Å². The van der Waals surface area contributed by atoms with Crippen molar-refractivity contribution in [2.24, 2.45) is 0 Å². The van der Waals surface area contributed by atoms with Crippen LogP contribution in [0.15, 0.2) is 65.5 Å². The van der Waals surface area contributed by atoms with Gasteiger partial charge in [-0.2, -0.15) is 5.10 Å². The number of carbonyl (C=O) groups excluding carboxylic acids is 1. The van der Waals surface area contributed by atoms with Crippen LogP contribution in [0.2, 0.25) is 5.02 Å². The van der Waals surface area contributed by atoms with Gasteiger partial charge in [0.25, 0.3) is 5.91 Å². The highest BCUT2D eigenvalue weighted by Gasteiger charge is 2.20. The molecule has 0 fully saturated rings. The molecular weight excluding hydrogens is 404 g/mol. The van der Waals surface area contributed by atoms with Crippen molar-refractivity contribution in [3.63, 3.8) is 0 Å². The Labute approximate surface area is 178 Å². The molecule has 8 nitrogen and oxygen atoms in total. The van der Waals surface area contributed by atoms with E-state index in [0.717, 1.165) is 6.42 Å². The van der Waals surface area contributed by atoms with Crippen LogP contribution >= 0.6 is 11.6 Å². The second-order valence-corrected chi connectivity index (χ2v) is 6.97. The van der Waals surface area contributed by atoms with Crippen molar-refractivity contribution < 1.29 is 9.21 Å². The third kappa shape index (κ3) is 4.23. The highest BCUT2D eigenvalue weighted by molar-refractivity contribution is 6.33. The van der Waals surface area contributed by atoms with Crippen LogP contribution in [0.5, 0.6) is 0 Å². The Bertz CT molecular complexity index is 1120. The lowest BCUT2D eigenvalue weighted by Crippen LogP contribution is -2.31. The normalized spacial score (nSPS) is 10.9. The summed E-state index contributed by atoms with van der Waals surface area (Å²) >= 11 is 6.20. The van der Waals surface area contributed by atoms with Crippen molar-refractivity contribution in [2.75, 3.05) is 6.54 Å². The minimum absolute atomic E-state index is 0.158. The molecule has 30 heavy (non-hydrogen) atoms. The molecule has 9 heteroatoms. The van der Waals surface area contributed by atoms with Gasteiger partial charge in [0, 0.05) is 25.1 Å². The van der Waals surface area contributed by atoms with E-state index in [1.807, 2.05) is 25.1 Å². The van der Waals surface area contributed by atoms with Gasteiger partial charge in [-0.3, -0.25) is 4.79 Å². The largest absolute Gasteiger partial charge is 0.419 e. The molecule has 0 saturated carbocycles. The topological polar surface area (TPSA) is 89.9 Å². The van der Waals surface area contributed by atoms with Gasteiger partial charge in [0.1, 0.15) is 0 Å². The van der Waals surface area contributed by atoms with E-state index >= 15 is 0 Å². The minimum Gasteiger partial charge on any atom is -0.419 e. The standard InChI is InChI=1S/C21H19ClN6O2/c1-2-11-27(14-19-25-26-20(30-19)16-6-3-4-7-17(16)22)21(29)15-8-9-18(23-13-15)28-12-5-10-24-28/h3-10,12-13H,2,11,14H2,1H3. The van der Waals surface area contributed by atoms with Crippen LogP contribution in [0.25, 0.3) is 17.3 Å². The summed E-state index contributed by atoms with van der Waals surface area (Å²) in [5.74, 6) is 1.14. The molecule has 4 rings (SSSR count). The first-order chi connectivity index (χ1) is 14.7. The van der Waals surface area contributed by atoms with Crippen molar-refractivity contribution in [1.82, 2.24) is 29.9 Å². The number of hydrogen-bond acceptors (Lipinski definition) is 6. The van der Waals surface area contributed by atoms with Crippen LogP contribution in [0.3, 0.4) is 0 Å². The van der Waals surface area contributed by atoms with Crippen LogP contribution in [0.4, 0.5) is 0 Å². The Hall–Kier alpha value is -3.52. The van der Waals surface area contributed by atoms with Crippen LogP contribution in [-0.2, 0) is 6.54 Å². The third-order valence-corrected chi connectivity index (χ3v) is 4.74. The molecule has 4 aromatic rings. The van der Waals surface area contributed by atoms with E-state index in [9.17, 15) is 4.79 Å². The van der Waals surface area contributed by atoms with Gasteiger partial charge in [0.2, 0.25) is 11.8 Å². The van der Waals surface area contributed by atoms with Crippen molar-refractivity contribution in [2.45, 2.75) is 19.9 Å². The highest BCUT2D eigenvalue weighted by Crippen LogP contribution is 2.26. The van der Waals surface area contributed by atoms with Crippen molar-refractivity contribution in [3.05, 3.63) is 77.5 Å². The molecule has 152 valence electrons. The summed E-state index contributed by atoms with van der Waals surface area (Å²) in [6.45, 7) is 2.75. The zero-order chi connectivity index (χ0) is 20.9. The second-order valence-electron chi connectivity index (χ2n) is 6.56. The summed E-state index contributed by atoms with van der Waals surface area (Å²) < 4.78 is 7.39. The molecular formula is C21H19ClN6O2. The molecule has 0 aliphatic rings. The first kappa shape index (κ1) is 19.8. The highest BCUT2D eigenvalue weighted by atomic mass is 35.5. The zero-order valence-electron chi connectivity index (χ0n) is 16.3. The monoisotopic (exact) mass is 422 g/mol. The van der Waals surface area contributed by atoms with E-state index < -0.39 is 0 Å². The summed E-state index contributed by atoms with van der Waals surface area (Å²) in [5.41, 5.74) is 1.13. The smallest absolute Gasteiger partial charge is 0.255 e. The summed E-state index contributed by atoms with van der Waals surface area (Å²) in [6.07, 6.45) is 5.80. The van der Waals surface area contributed by atoms with E-state index in [1.165, 1.54) is 0 Å². The quantitative estimate of drug-likeness (QED) is 0.446. The summed E-state index contributed by atoms with van der Waals surface area (Å²) in [5, 5.41) is 12.8. The average molecular weight is 423 g/mol. The summed E-state index contributed by atoms with van der Waals surface area (Å²) in [4.78, 5) is 19.0. The molecule has 0 saturated heterocycles. The third-order valence-electron chi connectivity index (χ3n) is 4.41. The number of rotatable bonds is 7. The van der Waals surface area contributed by atoms with E-state index in [1.54, 1.807) is 52.4 Å². The number of carbonyl (C=O) groups is 1. The summed E-state index contributed by atoms with van der Waals surface area (Å²) in [6, 6.07) is 12.5. The molecule has 3 heterocycles. The van der Waals surface area contributed by atoms with Gasteiger partial charge in [0.15, 0.2) is 5.82 Å². The van der Waals surface area contributed by atoms with Gasteiger partial charge in [-0.05, 0) is 36.8 Å². The molecule has 0 atom stereocenters. The lowest BCUT2D eigenvalue weighted by atomic mass is 10.2. The number of nitrogens with zero attached hydrogens (tertiary/aromatic N) is 6. The number of benzene rings is 1. The average Bonchev–Trinajstić information content (AvgIpc) is 3.46. The molecule has 0 bridgehead atoms. The number of pyridine rings is 1. The first-order valence-corrected chi connectivity index (χ1v) is 9.86. The molecule has 1 aromatic carbocycles. The molecule has 0 aliphatic carbocycles. The van der Waals surface area contributed by atoms with E-state index in [4.69, 9.17) is 16.0 Å². The molecule has 0 radical (unpaired) electrons. The Morgan fingerprint density at radius 3 is 2.73 bits per heavy atom. The number of aromatic nitrogens is 5. The van der Waals surface area contributed by atoms with Gasteiger partial charge in [-0.15, -0.1) is 10.2 Å². The predicted octanol–water partition coefficient (Wildman–Crippen LogP) is 4.02. The Kier molecular flexibility index (Phi) is 5.85. The first-order valence-electron chi connectivity index (χ1n) is 9.48. The molecule has 3 aromatic heterocycles. The maximum absolute atomic E-state index is 13.0. The Morgan fingerprint density at radius 2 is 2.03 bits per heavy atom. The van der Waals surface area contributed by atoms with Crippen LogP contribution in [0.1, 0.15) is 29.6 Å². The fourth-order valence-corrected chi connectivity index (χ4v) is 3.20. The predicted molar refractivity (Wildman–Crippen MR) is 111 cm³/mol. The van der Waals surface area contributed by atoms with Crippen LogP contribution in [0, 0.1) is 0 Å². The van der Waals surface area contributed by atoms with Crippen molar-refractivity contribution in [1.29, 1.82) is 0 Å². The van der Waals surface area contributed by atoms with Gasteiger partial charge < -0.3 is 9.32 Å². The SMILES string of the molecule is CCCN(Cc1nnc(-c2ccccc2Cl)o1)C(=O)c1ccc(-n2cccn2)nc1. The number of amides is 1. The Morgan fingerprint density at radius 1 is 1.17 bits per heavy atom. The molecule has 0 spiro atoms. The molecule has 1 amide bonds.